The van der Waals surface area contributed by atoms with Crippen molar-refractivity contribution in [3.8, 4) is 17.2 Å². The number of rotatable bonds is 5. The molecule has 3 N–H and O–H groups in total. The fourth-order valence-corrected chi connectivity index (χ4v) is 2.23. The van der Waals surface area contributed by atoms with Crippen molar-refractivity contribution in [2.24, 2.45) is 0 Å². The van der Waals surface area contributed by atoms with Gasteiger partial charge in [-0.15, -0.1) is 0 Å². The number of hydrazine groups is 1. The summed E-state index contributed by atoms with van der Waals surface area (Å²) in [6, 6.07) is 8.69. The molecule has 0 aliphatic rings. The quantitative estimate of drug-likeness (QED) is 0.694. The Kier molecular flexibility index (Phi) is 6.51. The molecule has 0 aliphatic heterocycles. The van der Waals surface area contributed by atoms with E-state index >= 15 is 0 Å². The predicted molar refractivity (Wildman–Crippen MR) is 97.2 cm³/mol. The second-order valence-corrected chi connectivity index (χ2v) is 5.39. The molecule has 0 aromatic heterocycles. The van der Waals surface area contributed by atoms with E-state index in [1.807, 2.05) is 0 Å². The van der Waals surface area contributed by atoms with Gasteiger partial charge in [0.2, 0.25) is 5.75 Å². The van der Waals surface area contributed by atoms with Crippen LogP contribution in [0, 0.1) is 0 Å². The lowest BCUT2D eigenvalue weighted by atomic mass is 10.2. The van der Waals surface area contributed by atoms with Gasteiger partial charge in [0.15, 0.2) is 11.5 Å². The second-order valence-electron chi connectivity index (χ2n) is 4.95. The molecule has 2 aromatic carbocycles. The first kappa shape index (κ1) is 19.2. The Morgan fingerprint density at radius 3 is 1.96 bits per heavy atom. The molecule has 0 radical (unpaired) electrons. The van der Waals surface area contributed by atoms with Gasteiger partial charge in [0.05, 0.1) is 27.0 Å². The highest BCUT2D eigenvalue weighted by Gasteiger charge is 2.15. The predicted octanol–water partition coefficient (Wildman–Crippen LogP) is 2.83. The Morgan fingerprint density at radius 1 is 0.885 bits per heavy atom. The smallest absolute Gasteiger partial charge is 0.337 e. The third-order valence-corrected chi connectivity index (χ3v) is 3.57. The van der Waals surface area contributed by atoms with Crippen LogP contribution in [0.2, 0.25) is 5.02 Å². The maximum absolute atomic E-state index is 12.0. The summed E-state index contributed by atoms with van der Waals surface area (Å²) in [5, 5.41) is 3.07. The molecule has 2 aromatic rings. The first-order valence-electron chi connectivity index (χ1n) is 7.41. The van der Waals surface area contributed by atoms with Crippen LogP contribution in [0.5, 0.6) is 17.2 Å². The molecule has 138 valence electrons. The Bertz CT molecular complexity index is 770. The van der Waals surface area contributed by atoms with Crippen LogP contribution in [-0.2, 0) is 0 Å². The number of nitrogens with one attached hydrogen (secondary N) is 3. The number of methoxy groups -OCH3 is 3. The van der Waals surface area contributed by atoms with Crippen LogP contribution in [0.15, 0.2) is 36.4 Å². The van der Waals surface area contributed by atoms with Crippen molar-refractivity contribution >= 4 is 29.2 Å². The average molecular weight is 380 g/mol. The number of halogens is 1. The summed E-state index contributed by atoms with van der Waals surface area (Å²) in [5.41, 5.74) is 5.28. The van der Waals surface area contributed by atoms with E-state index in [1.54, 1.807) is 24.3 Å². The van der Waals surface area contributed by atoms with E-state index in [0.29, 0.717) is 33.5 Å². The highest BCUT2D eigenvalue weighted by atomic mass is 35.5. The third-order valence-electron chi connectivity index (χ3n) is 3.32. The van der Waals surface area contributed by atoms with Crippen molar-refractivity contribution in [3.63, 3.8) is 0 Å². The highest BCUT2D eigenvalue weighted by Crippen LogP contribution is 2.39. The molecular formula is C17H18ClN3O5. The number of hydrogen-bond donors (Lipinski definition) is 3. The lowest BCUT2D eigenvalue weighted by Gasteiger charge is -2.15. The number of hydrogen-bond acceptors (Lipinski definition) is 5. The van der Waals surface area contributed by atoms with Gasteiger partial charge in [-0.3, -0.25) is 10.2 Å². The fourth-order valence-electron chi connectivity index (χ4n) is 2.10. The van der Waals surface area contributed by atoms with E-state index in [0.717, 1.165) is 0 Å². The molecule has 0 spiro atoms. The molecule has 26 heavy (non-hydrogen) atoms. The van der Waals surface area contributed by atoms with E-state index in [1.165, 1.54) is 33.5 Å². The summed E-state index contributed by atoms with van der Waals surface area (Å²) < 4.78 is 15.6. The highest BCUT2D eigenvalue weighted by molar-refractivity contribution is 6.30. The number of urea groups is 1. The van der Waals surface area contributed by atoms with Crippen molar-refractivity contribution in [1.82, 2.24) is 10.9 Å². The molecule has 8 nitrogen and oxygen atoms in total. The van der Waals surface area contributed by atoms with Gasteiger partial charge >= 0.3 is 6.03 Å². The van der Waals surface area contributed by atoms with Gasteiger partial charge in [0.1, 0.15) is 0 Å². The maximum Gasteiger partial charge on any atom is 0.337 e. The number of carbonyl (C=O) groups excluding carboxylic acids is 2. The summed E-state index contributed by atoms with van der Waals surface area (Å²) >= 11 is 5.76. The van der Waals surface area contributed by atoms with Crippen LogP contribution in [-0.4, -0.2) is 33.3 Å². The largest absolute Gasteiger partial charge is 0.493 e. The summed E-state index contributed by atoms with van der Waals surface area (Å²) in [6.07, 6.45) is 0. The molecule has 0 atom stereocenters. The van der Waals surface area contributed by atoms with Crippen molar-refractivity contribution in [2.75, 3.05) is 26.6 Å². The van der Waals surface area contributed by atoms with Crippen LogP contribution < -0.4 is 30.4 Å². The molecule has 0 aliphatic carbocycles. The van der Waals surface area contributed by atoms with Gasteiger partial charge < -0.3 is 19.5 Å². The maximum atomic E-state index is 12.0. The lowest BCUT2D eigenvalue weighted by Crippen LogP contribution is -2.43. The summed E-state index contributed by atoms with van der Waals surface area (Å²) in [7, 11) is 4.41. The van der Waals surface area contributed by atoms with Crippen LogP contribution in [0.3, 0.4) is 0 Å². The van der Waals surface area contributed by atoms with Gasteiger partial charge in [-0.2, -0.15) is 0 Å². The minimum atomic E-state index is -0.651. The van der Waals surface area contributed by atoms with E-state index < -0.39 is 11.9 Å². The number of amides is 3. The number of benzene rings is 2. The monoisotopic (exact) mass is 379 g/mol. The first-order valence-corrected chi connectivity index (χ1v) is 7.79. The van der Waals surface area contributed by atoms with E-state index in [-0.39, 0.29) is 0 Å². The normalized spacial score (nSPS) is 9.85. The molecule has 0 fully saturated rings. The summed E-state index contributed by atoms with van der Waals surface area (Å²) in [4.78, 5) is 23.9. The van der Waals surface area contributed by atoms with Crippen LogP contribution in [0.4, 0.5) is 10.5 Å². The van der Waals surface area contributed by atoms with E-state index in [9.17, 15) is 9.59 Å². The van der Waals surface area contributed by atoms with Gasteiger partial charge in [-0.1, -0.05) is 11.6 Å². The zero-order valence-electron chi connectivity index (χ0n) is 14.4. The third kappa shape index (κ3) is 4.70. The summed E-state index contributed by atoms with van der Waals surface area (Å²) in [6.45, 7) is 0. The van der Waals surface area contributed by atoms with Gasteiger partial charge in [-0.05, 0) is 24.3 Å². The molecule has 0 bridgehead atoms. The second kappa shape index (κ2) is 8.82. The molecule has 0 saturated carbocycles. The molecule has 2 rings (SSSR count). The molecule has 0 unspecified atom stereocenters. The van der Waals surface area contributed by atoms with Gasteiger partial charge in [0, 0.05) is 22.7 Å². The molecular weight excluding hydrogens is 362 g/mol. The van der Waals surface area contributed by atoms with Gasteiger partial charge in [-0.25, -0.2) is 10.2 Å². The van der Waals surface area contributed by atoms with Crippen LogP contribution >= 0.6 is 11.6 Å². The topological polar surface area (TPSA) is 97.9 Å². The van der Waals surface area contributed by atoms with Crippen LogP contribution in [0.1, 0.15) is 10.4 Å². The Labute approximate surface area is 155 Å². The summed E-state index contributed by atoms with van der Waals surface area (Å²) in [5.74, 6) is 0.679. The Morgan fingerprint density at radius 2 is 1.46 bits per heavy atom. The minimum absolute atomic E-state index is 0.350. The van der Waals surface area contributed by atoms with Crippen molar-refractivity contribution in [2.45, 2.75) is 0 Å². The standard InChI is InChI=1S/C17H18ClN3O5/c1-24-13-8-12(9-14(25-2)15(13)26-3)19-17(23)21-20-16(22)10-4-6-11(18)7-5-10/h4-9H,1-3H3,(H,20,22)(H2,19,21,23). The minimum Gasteiger partial charge on any atom is -0.493 e. The molecule has 9 heteroatoms. The molecule has 0 heterocycles. The Balaban J connectivity index is 2.01. The fraction of sp³-hybridized carbons (Fsp3) is 0.176. The zero-order chi connectivity index (χ0) is 19.1. The number of anilines is 1. The van der Waals surface area contributed by atoms with Crippen molar-refractivity contribution in [1.29, 1.82) is 0 Å². The zero-order valence-corrected chi connectivity index (χ0v) is 15.1. The van der Waals surface area contributed by atoms with Crippen molar-refractivity contribution in [3.05, 3.63) is 47.0 Å². The first-order chi connectivity index (χ1) is 12.5. The van der Waals surface area contributed by atoms with E-state index in [4.69, 9.17) is 25.8 Å². The van der Waals surface area contributed by atoms with Gasteiger partial charge in [0.25, 0.3) is 5.91 Å². The number of ether oxygens (including phenoxy) is 3. The molecule has 0 saturated heterocycles. The SMILES string of the molecule is COc1cc(NC(=O)NNC(=O)c2ccc(Cl)cc2)cc(OC)c1OC. The average Bonchev–Trinajstić information content (AvgIpc) is 2.65. The van der Waals surface area contributed by atoms with Crippen LogP contribution in [0.25, 0.3) is 0 Å². The lowest BCUT2D eigenvalue weighted by molar-refractivity contribution is 0.0938. The molecule has 3 amide bonds. The van der Waals surface area contributed by atoms with E-state index in [2.05, 4.69) is 16.2 Å². The Hall–Kier alpha value is -3.13. The number of carbonyl (C=O) groups is 2. The van der Waals surface area contributed by atoms with Crippen molar-refractivity contribution < 1.29 is 23.8 Å².